The molecule has 0 spiro atoms. The van der Waals surface area contributed by atoms with Crippen molar-refractivity contribution in [1.82, 2.24) is 30.4 Å². The second kappa shape index (κ2) is 7.58. The molecule has 2 aromatic carbocycles. The van der Waals surface area contributed by atoms with E-state index in [1.54, 1.807) is 42.5 Å². The van der Waals surface area contributed by atoms with Gasteiger partial charge in [-0.25, -0.2) is 5.10 Å². The summed E-state index contributed by atoms with van der Waals surface area (Å²) in [5.74, 6) is 0.876. The number of hydrogen-bond donors (Lipinski definition) is 2. The summed E-state index contributed by atoms with van der Waals surface area (Å²) in [6, 6.07) is 12.6. The van der Waals surface area contributed by atoms with Gasteiger partial charge in [0.15, 0.2) is 0 Å². The molecule has 1 aliphatic heterocycles. The Morgan fingerprint density at radius 1 is 1.19 bits per heavy atom. The van der Waals surface area contributed by atoms with Crippen molar-refractivity contribution in [3.05, 3.63) is 80.1 Å². The van der Waals surface area contributed by atoms with Crippen molar-refractivity contribution in [1.29, 1.82) is 0 Å². The van der Waals surface area contributed by atoms with Crippen LogP contribution in [-0.4, -0.2) is 41.9 Å². The standard InChI is InChI=1S/C20H16N8O4/c1-2-32-12-9-7-11(8-10-12)16-15-17(19(29)23-22-16)21-20-24-25-26-27(20)18(15)13-5-3-4-6-14(13)28(30)31/h3-10,18H,2H2,1H3,(H,23,29)(H,21,24,26)/t18-/m1/s1. The molecule has 0 radical (unpaired) electrons. The van der Waals surface area contributed by atoms with Gasteiger partial charge in [-0.1, -0.05) is 17.2 Å². The van der Waals surface area contributed by atoms with Crippen LogP contribution in [0.15, 0.2) is 53.3 Å². The molecule has 3 heterocycles. The molecule has 160 valence electrons. The highest BCUT2D eigenvalue weighted by atomic mass is 16.6. The number of aromatic amines is 1. The topological polar surface area (TPSA) is 154 Å². The Morgan fingerprint density at radius 3 is 2.72 bits per heavy atom. The second-order valence-corrected chi connectivity index (χ2v) is 6.94. The molecule has 0 aliphatic carbocycles. The molecular weight excluding hydrogens is 416 g/mol. The number of benzene rings is 2. The minimum absolute atomic E-state index is 0.121. The van der Waals surface area contributed by atoms with Crippen molar-refractivity contribution in [2.24, 2.45) is 0 Å². The van der Waals surface area contributed by atoms with Crippen LogP contribution in [0, 0.1) is 10.1 Å². The molecule has 2 N–H and O–H groups in total. The number of nitrogens with one attached hydrogen (secondary N) is 2. The molecule has 0 saturated heterocycles. The van der Waals surface area contributed by atoms with E-state index in [2.05, 4.69) is 31.0 Å². The summed E-state index contributed by atoms with van der Waals surface area (Å²) in [6.07, 6.45) is 0. The number of anilines is 2. The highest BCUT2D eigenvalue weighted by molar-refractivity contribution is 5.76. The average Bonchev–Trinajstić information content (AvgIpc) is 3.27. The van der Waals surface area contributed by atoms with Crippen molar-refractivity contribution < 1.29 is 9.66 Å². The molecule has 0 unspecified atom stereocenters. The maximum atomic E-state index is 12.7. The minimum Gasteiger partial charge on any atom is -0.494 e. The average molecular weight is 432 g/mol. The molecule has 5 rings (SSSR count). The third-order valence-electron chi connectivity index (χ3n) is 5.14. The summed E-state index contributed by atoms with van der Waals surface area (Å²) < 4.78 is 6.91. The summed E-state index contributed by atoms with van der Waals surface area (Å²) in [5, 5.41) is 33.1. The first kappa shape index (κ1) is 19.4. The highest BCUT2D eigenvalue weighted by Gasteiger charge is 2.37. The van der Waals surface area contributed by atoms with Crippen molar-refractivity contribution in [3.63, 3.8) is 0 Å². The molecule has 2 aromatic heterocycles. The van der Waals surface area contributed by atoms with Gasteiger partial charge in [0.05, 0.1) is 22.8 Å². The van der Waals surface area contributed by atoms with E-state index in [0.717, 1.165) is 0 Å². The van der Waals surface area contributed by atoms with Gasteiger partial charge in [0.1, 0.15) is 17.5 Å². The quantitative estimate of drug-likeness (QED) is 0.315. The molecule has 0 bridgehead atoms. The number of H-pyrrole nitrogens is 1. The van der Waals surface area contributed by atoms with Gasteiger partial charge in [-0.3, -0.25) is 14.9 Å². The zero-order valence-corrected chi connectivity index (χ0v) is 16.7. The van der Waals surface area contributed by atoms with E-state index in [1.165, 1.54) is 10.7 Å². The normalized spacial score (nSPS) is 14.2. The van der Waals surface area contributed by atoms with Crippen molar-refractivity contribution in [2.45, 2.75) is 13.0 Å². The van der Waals surface area contributed by atoms with E-state index in [9.17, 15) is 14.9 Å². The number of hydrogen-bond acceptors (Lipinski definition) is 9. The van der Waals surface area contributed by atoms with E-state index < -0.39 is 16.5 Å². The van der Waals surface area contributed by atoms with Gasteiger partial charge < -0.3 is 10.1 Å². The van der Waals surface area contributed by atoms with Gasteiger partial charge in [-0.15, -0.1) is 0 Å². The minimum atomic E-state index is -0.853. The van der Waals surface area contributed by atoms with E-state index in [4.69, 9.17) is 4.74 Å². The van der Waals surface area contributed by atoms with Crippen LogP contribution in [0.5, 0.6) is 5.75 Å². The second-order valence-electron chi connectivity index (χ2n) is 6.94. The van der Waals surface area contributed by atoms with E-state index in [0.29, 0.717) is 34.7 Å². The van der Waals surface area contributed by atoms with Crippen molar-refractivity contribution in [3.8, 4) is 17.0 Å². The fourth-order valence-corrected chi connectivity index (χ4v) is 3.81. The lowest BCUT2D eigenvalue weighted by Crippen LogP contribution is -2.29. The number of aromatic nitrogens is 6. The van der Waals surface area contributed by atoms with Gasteiger partial charge in [0, 0.05) is 17.2 Å². The third-order valence-corrected chi connectivity index (χ3v) is 5.14. The number of nitro benzene ring substituents is 1. The number of tetrazole rings is 1. The van der Waals surface area contributed by atoms with E-state index >= 15 is 0 Å². The Hall–Kier alpha value is -4.61. The predicted octanol–water partition coefficient (Wildman–Crippen LogP) is 2.42. The number of para-hydroxylation sites is 1. The molecule has 1 atom stereocenters. The first-order valence-electron chi connectivity index (χ1n) is 9.72. The number of ether oxygens (including phenoxy) is 1. The Labute approximate surface area is 180 Å². The highest BCUT2D eigenvalue weighted by Crippen LogP contribution is 2.43. The molecule has 0 fully saturated rings. The smallest absolute Gasteiger partial charge is 0.288 e. The predicted molar refractivity (Wildman–Crippen MR) is 113 cm³/mol. The Morgan fingerprint density at radius 2 is 1.97 bits per heavy atom. The van der Waals surface area contributed by atoms with Crippen LogP contribution in [0.1, 0.15) is 24.1 Å². The Bertz CT molecular complexity index is 1380. The summed E-state index contributed by atoms with van der Waals surface area (Å²) in [4.78, 5) is 24.0. The number of nitro groups is 1. The van der Waals surface area contributed by atoms with Crippen LogP contribution in [0.4, 0.5) is 17.3 Å². The van der Waals surface area contributed by atoms with Crippen LogP contribution in [0.25, 0.3) is 11.3 Å². The summed E-state index contributed by atoms with van der Waals surface area (Å²) in [5.41, 5.74) is 1.43. The third kappa shape index (κ3) is 3.05. The van der Waals surface area contributed by atoms with Gasteiger partial charge in [0.2, 0.25) is 5.95 Å². The molecule has 12 nitrogen and oxygen atoms in total. The SMILES string of the molecule is CCOc1ccc(-c2n[nH]c(=O)c3c2[C@@H](c2ccccc2[N+](=O)[O-])n2nnnc2N3)cc1. The summed E-state index contributed by atoms with van der Waals surface area (Å²) >= 11 is 0. The van der Waals surface area contributed by atoms with E-state index in [1.807, 2.05) is 6.92 Å². The van der Waals surface area contributed by atoms with Gasteiger partial charge in [-0.2, -0.15) is 9.78 Å². The number of rotatable bonds is 5. The largest absolute Gasteiger partial charge is 0.494 e. The van der Waals surface area contributed by atoms with Crippen LogP contribution in [-0.2, 0) is 0 Å². The lowest BCUT2D eigenvalue weighted by Gasteiger charge is -2.27. The molecule has 0 amide bonds. The molecule has 12 heteroatoms. The summed E-state index contributed by atoms with van der Waals surface area (Å²) in [6.45, 7) is 2.41. The zero-order valence-electron chi connectivity index (χ0n) is 16.7. The maximum Gasteiger partial charge on any atom is 0.288 e. The molecular formula is C20H16N8O4. The van der Waals surface area contributed by atoms with Gasteiger partial charge in [0.25, 0.3) is 11.2 Å². The van der Waals surface area contributed by atoms with Crippen molar-refractivity contribution in [2.75, 3.05) is 11.9 Å². The lowest BCUT2D eigenvalue weighted by molar-refractivity contribution is -0.385. The van der Waals surface area contributed by atoms with Crippen LogP contribution in [0.2, 0.25) is 0 Å². The number of nitrogens with zero attached hydrogens (tertiary/aromatic N) is 6. The van der Waals surface area contributed by atoms with Gasteiger partial charge in [-0.05, 0) is 47.7 Å². The van der Waals surface area contributed by atoms with Crippen LogP contribution < -0.4 is 15.6 Å². The monoisotopic (exact) mass is 432 g/mol. The van der Waals surface area contributed by atoms with Gasteiger partial charge >= 0.3 is 0 Å². The summed E-state index contributed by atoms with van der Waals surface area (Å²) in [7, 11) is 0. The molecule has 1 aliphatic rings. The first-order valence-corrected chi connectivity index (χ1v) is 9.72. The van der Waals surface area contributed by atoms with Crippen LogP contribution >= 0.6 is 0 Å². The first-order chi connectivity index (χ1) is 15.6. The molecule has 4 aromatic rings. The maximum absolute atomic E-state index is 12.7. The number of fused-ring (bicyclic) bond motifs is 2. The Balaban J connectivity index is 1.78. The fourth-order valence-electron chi connectivity index (χ4n) is 3.81. The van der Waals surface area contributed by atoms with Crippen molar-refractivity contribution >= 4 is 17.3 Å². The fraction of sp³-hybridized carbons (Fsp3) is 0.150. The molecule has 32 heavy (non-hydrogen) atoms. The lowest BCUT2D eigenvalue weighted by atomic mass is 9.91. The molecule has 0 saturated carbocycles. The van der Waals surface area contributed by atoms with E-state index in [-0.39, 0.29) is 17.3 Å². The van der Waals surface area contributed by atoms with Crippen LogP contribution in [0.3, 0.4) is 0 Å². The zero-order chi connectivity index (χ0) is 22.2. The Kier molecular flexibility index (Phi) is 4.58.